The van der Waals surface area contributed by atoms with Crippen molar-refractivity contribution in [3.63, 3.8) is 0 Å². The van der Waals surface area contributed by atoms with Crippen LogP contribution in [-0.2, 0) is 4.74 Å². The van der Waals surface area contributed by atoms with Crippen LogP contribution >= 0.6 is 23.2 Å². The number of hydrogen-bond acceptors (Lipinski definition) is 4. The van der Waals surface area contributed by atoms with Crippen molar-refractivity contribution in [3.8, 4) is 6.07 Å². The molecule has 0 saturated heterocycles. The van der Waals surface area contributed by atoms with E-state index < -0.39 is 5.97 Å². The minimum Gasteiger partial charge on any atom is -0.462 e. The van der Waals surface area contributed by atoms with Gasteiger partial charge < -0.3 is 10.5 Å². The molecule has 0 radical (unpaired) electrons. The molecule has 1 rings (SSSR count). The molecule has 0 heterocycles. The maximum Gasteiger partial charge on any atom is 0.338 e. The summed E-state index contributed by atoms with van der Waals surface area (Å²) in [7, 11) is 0. The fraction of sp³-hybridized carbons (Fsp3) is 0.467. The van der Waals surface area contributed by atoms with Crippen molar-refractivity contribution in [1.29, 1.82) is 5.26 Å². The van der Waals surface area contributed by atoms with Crippen molar-refractivity contribution in [3.05, 3.63) is 27.7 Å². The highest BCUT2D eigenvalue weighted by Gasteiger charge is 2.16. The van der Waals surface area contributed by atoms with E-state index in [1.807, 2.05) is 13.8 Å². The number of ether oxygens (including phenoxy) is 1. The molecule has 0 aliphatic carbocycles. The van der Waals surface area contributed by atoms with Gasteiger partial charge in [-0.15, -0.1) is 0 Å². The Balaban J connectivity index is 2.44. The van der Waals surface area contributed by atoms with E-state index in [2.05, 4.69) is 6.07 Å². The van der Waals surface area contributed by atoms with Gasteiger partial charge in [-0.1, -0.05) is 23.2 Å². The molecule has 2 N–H and O–H groups in total. The standard InChI is InChI=1S/C15H18Cl2N2O2/c1-15(2,9-18)5-3-4-6-21-14(20)10-7-11(16)13(17)12(19)8-10/h7-8H,3-6,19H2,1-2H3. The van der Waals surface area contributed by atoms with Crippen molar-refractivity contribution in [2.45, 2.75) is 33.1 Å². The number of hydrogen-bond donors (Lipinski definition) is 1. The molecule has 4 nitrogen and oxygen atoms in total. The van der Waals surface area contributed by atoms with Gasteiger partial charge in [0.25, 0.3) is 0 Å². The summed E-state index contributed by atoms with van der Waals surface area (Å²) in [5.41, 5.74) is 5.82. The number of rotatable bonds is 6. The Morgan fingerprint density at radius 3 is 2.62 bits per heavy atom. The Kier molecular flexibility index (Phi) is 6.32. The normalized spacial score (nSPS) is 11.0. The van der Waals surface area contributed by atoms with Crippen LogP contribution < -0.4 is 5.73 Å². The molecule has 1 aromatic carbocycles. The number of esters is 1. The maximum atomic E-state index is 11.8. The molecule has 0 saturated carbocycles. The van der Waals surface area contributed by atoms with Crippen molar-refractivity contribution < 1.29 is 9.53 Å². The summed E-state index contributed by atoms with van der Waals surface area (Å²) in [5, 5.41) is 9.34. The van der Waals surface area contributed by atoms with Crippen LogP contribution in [0.4, 0.5) is 5.69 Å². The highest BCUT2D eigenvalue weighted by atomic mass is 35.5. The minimum atomic E-state index is -0.486. The summed E-state index contributed by atoms with van der Waals surface area (Å²) in [4.78, 5) is 11.8. The molecule has 0 aliphatic rings. The number of carbonyl (C=O) groups excluding carboxylic acids is 1. The predicted molar refractivity (Wildman–Crippen MR) is 84.4 cm³/mol. The SMILES string of the molecule is CC(C)(C#N)CCCCOC(=O)c1cc(N)c(Cl)c(Cl)c1. The Hall–Kier alpha value is -1.44. The number of carbonyl (C=O) groups is 1. The van der Waals surface area contributed by atoms with E-state index in [1.165, 1.54) is 12.1 Å². The van der Waals surface area contributed by atoms with E-state index in [1.54, 1.807) is 0 Å². The molecule has 0 bridgehead atoms. The van der Waals surface area contributed by atoms with E-state index in [0.717, 1.165) is 12.8 Å². The van der Waals surface area contributed by atoms with Gasteiger partial charge in [0.05, 0.1) is 39.4 Å². The van der Waals surface area contributed by atoms with Gasteiger partial charge in [-0.25, -0.2) is 4.79 Å². The van der Waals surface area contributed by atoms with Crippen LogP contribution in [0.3, 0.4) is 0 Å². The lowest BCUT2D eigenvalue weighted by atomic mass is 9.89. The van der Waals surface area contributed by atoms with Gasteiger partial charge in [0.15, 0.2) is 0 Å². The molecule has 0 amide bonds. The van der Waals surface area contributed by atoms with Gasteiger partial charge in [-0.05, 0) is 45.2 Å². The van der Waals surface area contributed by atoms with Crippen LogP contribution in [0.25, 0.3) is 0 Å². The third-order valence-electron chi connectivity index (χ3n) is 3.02. The molecular formula is C15H18Cl2N2O2. The number of anilines is 1. The zero-order valence-corrected chi connectivity index (χ0v) is 13.6. The Bertz CT molecular complexity index is 542. The highest BCUT2D eigenvalue weighted by molar-refractivity contribution is 6.43. The average Bonchev–Trinajstić information content (AvgIpc) is 2.43. The molecule has 0 atom stereocenters. The fourth-order valence-corrected chi connectivity index (χ4v) is 2.04. The van der Waals surface area contributed by atoms with E-state index in [9.17, 15) is 4.79 Å². The predicted octanol–water partition coefficient (Wildman–Crippen LogP) is 4.45. The Morgan fingerprint density at radius 2 is 2.05 bits per heavy atom. The summed E-state index contributed by atoms with van der Waals surface area (Å²) in [6.07, 6.45) is 2.28. The van der Waals surface area contributed by atoms with Crippen molar-refractivity contribution in [2.75, 3.05) is 12.3 Å². The first-order valence-electron chi connectivity index (χ1n) is 6.60. The highest BCUT2D eigenvalue weighted by Crippen LogP contribution is 2.29. The average molecular weight is 329 g/mol. The van der Waals surface area contributed by atoms with Crippen LogP contribution in [-0.4, -0.2) is 12.6 Å². The lowest BCUT2D eigenvalue weighted by molar-refractivity contribution is 0.0496. The molecule has 1 aromatic rings. The number of halogens is 2. The lowest BCUT2D eigenvalue weighted by Gasteiger charge is -2.14. The molecule has 114 valence electrons. The first-order chi connectivity index (χ1) is 9.76. The molecule has 0 spiro atoms. The van der Waals surface area contributed by atoms with Crippen molar-refractivity contribution in [2.24, 2.45) is 5.41 Å². The fourth-order valence-electron chi connectivity index (χ4n) is 1.70. The van der Waals surface area contributed by atoms with E-state index in [4.69, 9.17) is 38.9 Å². The number of nitriles is 1. The minimum absolute atomic E-state index is 0.222. The van der Waals surface area contributed by atoms with Crippen LogP contribution in [0, 0.1) is 16.7 Å². The lowest BCUT2D eigenvalue weighted by Crippen LogP contribution is -2.10. The molecule has 6 heteroatoms. The number of unbranched alkanes of at least 4 members (excludes halogenated alkanes) is 1. The van der Waals surface area contributed by atoms with Gasteiger partial charge in [-0.3, -0.25) is 0 Å². The molecule has 21 heavy (non-hydrogen) atoms. The van der Waals surface area contributed by atoms with E-state index in [0.29, 0.717) is 13.0 Å². The van der Waals surface area contributed by atoms with Gasteiger partial charge >= 0.3 is 5.97 Å². The second-order valence-corrected chi connectivity index (χ2v) is 6.24. The number of nitrogens with zero attached hydrogens (tertiary/aromatic N) is 1. The molecule has 0 aliphatic heterocycles. The quantitative estimate of drug-likeness (QED) is 0.475. The van der Waals surface area contributed by atoms with Crippen LogP contribution in [0.5, 0.6) is 0 Å². The summed E-state index contributed by atoms with van der Waals surface area (Å²) in [6.45, 7) is 4.06. The van der Waals surface area contributed by atoms with E-state index >= 15 is 0 Å². The van der Waals surface area contributed by atoms with Gasteiger partial charge in [0.1, 0.15) is 0 Å². The smallest absolute Gasteiger partial charge is 0.338 e. The number of nitrogens with two attached hydrogens (primary N) is 1. The molecular weight excluding hydrogens is 311 g/mol. The van der Waals surface area contributed by atoms with Crippen molar-refractivity contribution in [1.82, 2.24) is 0 Å². The number of benzene rings is 1. The topological polar surface area (TPSA) is 76.1 Å². The second-order valence-electron chi connectivity index (χ2n) is 5.45. The summed E-state index contributed by atoms with van der Waals surface area (Å²) < 4.78 is 5.15. The molecule has 0 aromatic heterocycles. The number of nitrogen functional groups attached to an aromatic ring is 1. The first kappa shape index (κ1) is 17.6. The third kappa shape index (κ3) is 5.45. The molecule has 0 fully saturated rings. The molecule has 0 unspecified atom stereocenters. The van der Waals surface area contributed by atoms with Crippen LogP contribution in [0.15, 0.2) is 12.1 Å². The first-order valence-corrected chi connectivity index (χ1v) is 7.35. The monoisotopic (exact) mass is 328 g/mol. The third-order valence-corrected chi connectivity index (χ3v) is 3.84. The van der Waals surface area contributed by atoms with Crippen LogP contribution in [0.1, 0.15) is 43.5 Å². The largest absolute Gasteiger partial charge is 0.462 e. The summed E-state index contributed by atoms with van der Waals surface area (Å²) in [5.74, 6) is -0.486. The zero-order valence-electron chi connectivity index (χ0n) is 12.1. The van der Waals surface area contributed by atoms with Crippen molar-refractivity contribution >= 4 is 34.9 Å². The Labute approximate surface area is 134 Å². The van der Waals surface area contributed by atoms with E-state index in [-0.39, 0.29) is 26.7 Å². The van der Waals surface area contributed by atoms with Crippen LogP contribution in [0.2, 0.25) is 10.0 Å². The van der Waals surface area contributed by atoms with Gasteiger partial charge in [-0.2, -0.15) is 5.26 Å². The Morgan fingerprint density at radius 1 is 1.38 bits per heavy atom. The summed E-state index contributed by atoms with van der Waals surface area (Å²) >= 11 is 11.7. The maximum absolute atomic E-state index is 11.8. The van der Waals surface area contributed by atoms with Gasteiger partial charge in [0, 0.05) is 0 Å². The second kappa shape index (κ2) is 7.53. The van der Waals surface area contributed by atoms with Gasteiger partial charge in [0.2, 0.25) is 0 Å². The summed E-state index contributed by atoms with van der Waals surface area (Å²) in [6, 6.07) is 5.11. The zero-order chi connectivity index (χ0) is 16.0.